The minimum absolute atomic E-state index is 0.408. The van der Waals surface area contributed by atoms with Crippen molar-refractivity contribution >= 4 is 24.5 Å². The Morgan fingerprint density at radius 2 is 2.26 bits per heavy atom. The lowest BCUT2D eigenvalue weighted by Gasteiger charge is -2.03. The predicted molar refractivity (Wildman–Crippen MR) is 91.0 cm³/mol. The first kappa shape index (κ1) is 15.0. The van der Waals surface area contributed by atoms with E-state index in [4.69, 9.17) is 21.4 Å². The zero-order valence-corrected chi connectivity index (χ0v) is 13.2. The van der Waals surface area contributed by atoms with Crippen molar-refractivity contribution in [1.82, 2.24) is 14.9 Å². The van der Waals surface area contributed by atoms with Crippen molar-refractivity contribution in [3.63, 3.8) is 0 Å². The maximum atomic E-state index is 5.23. The number of ether oxygens (including phenoxy) is 1. The first-order chi connectivity index (χ1) is 11.3. The Hall–Kier alpha value is -2.93. The lowest BCUT2D eigenvalue weighted by molar-refractivity contribution is 0.415. The van der Waals surface area contributed by atoms with Gasteiger partial charge in [-0.2, -0.15) is 14.9 Å². The number of hydrogen-bond donors (Lipinski definition) is 1. The molecule has 1 N–H and O–H groups in total. The summed E-state index contributed by atoms with van der Waals surface area (Å²) in [6.45, 7) is 0. The van der Waals surface area contributed by atoms with Crippen LogP contribution in [0.1, 0.15) is 5.76 Å². The zero-order chi connectivity index (χ0) is 16.1. The molecule has 0 fully saturated rings. The lowest BCUT2D eigenvalue weighted by atomic mass is 10.2. The molecule has 0 spiro atoms. The minimum atomic E-state index is 0.408. The standard InChI is InChI=1S/C16H14N4O2S/c1-21-14-6-2-5-12(11-14)15-18-19-16(23)20(15)17-9-3-7-13-8-4-10-22-13/h2-11H,1H3,(H,19,23)/b7-3+,17-9+. The van der Waals surface area contributed by atoms with Gasteiger partial charge in [0.15, 0.2) is 5.82 Å². The molecule has 116 valence electrons. The van der Waals surface area contributed by atoms with Crippen LogP contribution in [-0.4, -0.2) is 28.2 Å². The Bertz CT molecular complexity index is 891. The molecular weight excluding hydrogens is 312 g/mol. The Kier molecular flexibility index (Phi) is 4.49. The Labute approximate surface area is 137 Å². The number of methoxy groups -OCH3 is 1. The third kappa shape index (κ3) is 3.46. The van der Waals surface area contributed by atoms with Gasteiger partial charge in [0.1, 0.15) is 11.5 Å². The zero-order valence-electron chi connectivity index (χ0n) is 12.3. The molecule has 3 aromatic rings. The van der Waals surface area contributed by atoms with Gasteiger partial charge in [0.25, 0.3) is 0 Å². The highest BCUT2D eigenvalue weighted by atomic mass is 32.1. The van der Waals surface area contributed by atoms with Crippen LogP contribution in [0.2, 0.25) is 0 Å². The maximum Gasteiger partial charge on any atom is 0.216 e. The molecule has 1 aromatic carbocycles. The van der Waals surface area contributed by atoms with Gasteiger partial charge in [-0.15, -0.1) is 0 Å². The van der Waals surface area contributed by atoms with Crippen molar-refractivity contribution in [3.8, 4) is 17.1 Å². The van der Waals surface area contributed by atoms with Crippen LogP contribution in [0.3, 0.4) is 0 Å². The number of furan rings is 1. The molecular formula is C16H14N4O2S. The fraction of sp³-hybridized carbons (Fsp3) is 0.0625. The molecule has 0 unspecified atom stereocenters. The van der Waals surface area contributed by atoms with Crippen molar-refractivity contribution in [2.45, 2.75) is 0 Å². The first-order valence-electron chi connectivity index (χ1n) is 6.84. The van der Waals surface area contributed by atoms with Crippen LogP contribution >= 0.6 is 12.2 Å². The Morgan fingerprint density at radius 1 is 1.35 bits per heavy atom. The number of aromatic amines is 1. The number of benzene rings is 1. The summed E-state index contributed by atoms with van der Waals surface area (Å²) in [5.41, 5.74) is 0.851. The summed E-state index contributed by atoms with van der Waals surface area (Å²) in [6.07, 6.45) is 6.81. The van der Waals surface area contributed by atoms with E-state index in [1.165, 1.54) is 0 Å². The van der Waals surface area contributed by atoms with Gasteiger partial charge in [0.05, 0.1) is 13.4 Å². The first-order valence-corrected chi connectivity index (χ1v) is 7.25. The second-order valence-corrected chi connectivity index (χ2v) is 4.92. The number of nitrogens with zero attached hydrogens (tertiary/aromatic N) is 3. The van der Waals surface area contributed by atoms with E-state index in [2.05, 4.69) is 15.3 Å². The molecule has 6 nitrogen and oxygen atoms in total. The summed E-state index contributed by atoms with van der Waals surface area (Å²) in [6, 6.07) is 11.2. The molecule has 7 heteroatoms. The van der Waals surface area contributed by atoms with Gasteiger partial charge in [-0.25, -0.2) is 5.10 Å². The molecule has 0 bridgehead atoms. The van der Waals surface area contributed by atoms with E-state index in [1.807, 2.05) is 36.4 Å². The normalized spacial score (nSPS) is 11.5. The highest BCUT2D eigenvalue weighted by Gasteiger charge is 2.08. The van der Waals surface area contributed by atoms with E-state index in [-0.39, 0.29) is 0 Å². The number of rotatable bonds is 5. The fourth-order valence-electron chi connectivity index (χ4n) is 1.98. The molecule has 0 radical (unpaired) electrons. The monoisotopic (exact) mass is 326 g/mol. The van der Waals surface area contributed by atoms with Gasteiger partial charge in [-0.3, -0.25) is 0 Å². The largest absolute Gasteiger partial charge is 0.497 e. The molecule has 0 atom stereocenters. The molecule has 3 rings (SSSR count). The Balaban J connectivity index is 1.88. The van der Waals surface area contributed by atoms with Gasteiger partial charge in [0, 0.05) is 11.8 Å². The number of allylic oxidation sites excluding steroid dienone is 1. The average molecular weight is 326 g/mol. The number of nitrogens with one attached hydrogen (secondary N) is 1. The summed E-state index contributed by atoms with van der Waals surface area (Å²) >= 11 is 5.22. The summed E-state index contributed by atoms with van der Waals surface area (Å²) in [7, 11) is 1.62. The van der Waals surface area contributed by atoms with Gasteiger partial charge in [0.2, 0.25) is 4.77 Å². The highest BCUT2D eigenvalue weighted by Crippen LogP contribution is 2.22. The van der Waals surface area contributed by atoms with Crippen LogP contribution in [0, 0.1) is 4.77 Å². The van der Waals surface area contributed by atoms with Crippen LogP contribution in [0.25, 0.3) is 17.5 Å². The third-order valence-corrected chi connectivity index (χ3v) is 3.31. The molecule has 2 heterocycles. The summed E-state index contributed by atoms with van der Waals surface area (Å²) in [4.78, 5) is 0. The van der Waals surface area contributed by atoms with Crippen LogP contribution in [0.4, 0.5) is 0 Å². The van der Waals surface area contributed by atoms with Crippen LogP contribution in [0.15, 0.2) is 58.3 Å². The molecule has 0 aliphatic carbocycles. The predicted octanol–water partition coefficient (Wildman–Crippen LogP) is 3.76. The van der Waals surface area contributed by atoms with E-state index < -0.39 is 0 Å². The quantitative estimate of drug-likeness (QED) is 0.572. The van der Waals surface area contributed by atoms with Crippen molar-refractivity contribution < 1.29 is 9.15 Å². The molecule has 23 heavy (non-hydrogen) atoms. The van der Waals surface area contributed by atoms with E-state index in [0.717, 1.165) is 17.1 Å². The van der Waals surface area contributed by atoms with E-state index in [9.17, 15) is 0 Å². The minimum Gasteiger partial charge on any atom is -0.497 e. The van der Waals surface area contributed by atoms with Gasteiger partial charge in [-0.05, 0) is 48.6 Å². The molecule has 0 saturated carbocycles. The van der Waals surface area contributed by atoms with Crippen molar-refractivity contribution in [1.29, 1.82) is 0 Å². The molecule has 0 aliphatic rings. The fourth-order valence-corrected chi connectivity index (χ4v) is 2.16. The lowest BCUT2D eigenvalue weighted by Crippen LogP contribution is -1.94. The van der Waals surface area contributed by atoms with Gasteiger partial charge in [-0.1, -0.05) is 12.1 Å². The van der Waals surface area contributed by atoms with Crippen LogP contribution in [0.5, 0.6) is 5.75 Å². The van der Waals surface area contributed by atoms with Crippen molar-refractivity contribution in [2.24, 2.45) is 5.10 Å². The summed E-state index contributed by atoms with van der Waals surface area (Å²) in [5, 5.41) is 11.3. The second kappa shape index (κ2) is 6.89. The maximum absolute atomic E-state index is 5.23. The molecule has 0 saturated heterocycles. The van der Waals surface area contributed by atoms with Gasteiger partial charge < -0.3 is 9.15 Å². The van der Waals surface area contributed by atoms with E-state index >= 15 is 0 Å². The molecule has 2 aromatic heterocycles. The number of aromatic nitrogens is 3. The molecule has 0 aliphatic heterocycles. The topological polar surface area (TPSA) is 68.3 Å². The average Bonchev–Trinajstić information content (AvgIpc) is 3.22. The van der Waals surface area contributed by atoms with Gasteiger partial charge >= 0.3 is 0 Å². The van der Waals surface area contributed by atoms with E-state index in [1.54, 1.807) is 36.4 Å². The van der Waals surface area contributed by atoms with Crippen molar-refractivity contribution in [3.05, 3.63) is 59.3 Å². The van der Waals surface area contributed by atoms with Crippen LogP contribution in [-0.2, 0) is 0 Å². The number of H-pyrrole nitrogens is 1. The summed E-state index contributed by atoms with van der Waals surface area (Å²) < 4.78 is 12.4. The SMILES string of the molecule is COc1cccc(-c2n[nH]c(=S)n2/N=C/C=C/c2ccco2)c1. The summed E-state index contributed by atoms with van der Waals surface area (Å²) in [5.74, 6) is 2.10. The smallest absolute Gasteiger partial charge is 0.216 e. The highest BCUT2D eigenvalue weighted by molar-refractivity contribution is 7.71. The Morgan fingerprint density at radius 3 is 3.04 bits per heavy atom. The second-order valence-electron chi connectivity index (χ2n) is 4.54. The third-order valence-electron chi connectivity index (χ3n) is 3.05. The molecule has 0 amide bonds. The van der Waals surface area contributed by atoms with E-state index in [0.29, 0.717) is 10.6 Å². The van der Waals surface area contributed by atoms with Crippen molar-refractivity contribution in [2.75, 3.05) is 7.11 Å². The van der Waals surface area contributed by atoms with Crippen LogP contribution < -0.4 is 4.74 Å². The number of hydrogen-bond acceptors (Lipinski definition) is 5.